The van der Waals surface area contributed by atoms with Gasteiger partial charge < -0.3 is 16.2 Å². The molecule has 1 heterocycles. The Hall–Kier alpha value is -4.03. The topological polar surface area (TPSA) is 105 Å². The van der Waals surface area contributed by atoms with Gasteiger partial charge in [0.1, 0.15) is 6.04 Å². The minimum absolute atomic E-state index is 0.162. The number of carboxylic acid groups (broad SMARTS) is 1. The molecule has 1 atom stereocenters. The van der Waals surface area contributed by atoms with Gasteiger partial charge >= 0.3 is 5.97 Å². The maximum atomic E-state index is 12.4. The summed E-state index contributed by atoms with van der Waals surface area (Å²) in [6.45, 7) is 0.518. The van der Waals surface area contributed by atoms with Crippen LogP contribution >= 0.6 is 0 Å². The number of amides is 1. The molecule has 0 aliphatic rings. The summed E-state index contributed by atoms with van der Waals surface area (Å²) >= 11 is 0. The summed E-state index contributed by atoms with van der Waals surface area (Å²) in [5.41, 5.74) is 10.3. The molecule has 3 aromatic carbocycles. The number of hydrogen-bond acceptors (Lipinski definition) is 4. The molecular weight excluding hydrogens is 414 g/mol. The maximum absolute atomic E-state index is 12.4. The Morgan fingerprint density at radius 2 is 1.67 bits per heavy atom. The number of aromatic nitrogens is 1. The molecule has 1 amide bonds. The minimum atomic E-state index is -1.04. The molecule has 6 heteroatoms. The van der Waals surface area contributed by atoms with E-state index in [1.54, 1.807) is 30.5 Å². The van der Waals surface area contributed by atoms with Crippen molar-refractivity contribution in [2.24, 2.45) is 5.73 Å². The molecule has 0 aliphatic heterocycles. The lowest BCUT2D eigenvalue weighted by molar-refractivity contribution is -0.138. The molecule has 4 rings (SSSR count). The normalized spacial score (nSPS) is 11.8. The van der Waals surface area contributed by atoms with Gasteiger partial charge in [-0.3, -0.25) is 14.6 Å². The van der Waals surface area contributed by atoms with Gasteiger partial charge in [0.25, 0.3) is 5.91 Å². The summed E-state index contributed by atoms with van der Waals surface area (Å²) in [5, 5.41) is 14.1. The fourth-order valence-electron chi connectivity index (χ4n) is 3.78. The highest BCUT2D eigenvalue weighted by Crippen LogP contribution is 2.28. The lowest BCUT2D eigenvalue weighted by atomic mass is 9.98. The van der Waals surface area contributed by atoms with E-state index in [2.05, 4.69) is 46.7 Å². The quantitative estimate of drug-likeness (QED) is 0.387. The number of fused-ring (bicyclic) bond motifs is 1. The van der Waals surface area contributed by atoms with Crippen molar-refractivity contribution in [3.05, 3.63) is 102 Å². The third kappa shape index (κ3) is 5.42. The zero-order valence-electron chi connectivity index (χ0n) is 18.1. The third-order valence-corrected chi connectivity index (χ3v) is 5.63. The molecule has 33 heavy (non-hydrogen) atoms. The van der Waals surface area contributed by atoms with Gasteiger partial charge in [0.15, 0.2) is 0 Å². The molecule has 166 valence electrons. The van der Waals surface area contributed by atoms with Crippen LogP contribution in [-0.4, -0.2) is 34.6 Å². The van der Waals surface area contributed by atoms with Crippen molar-refractivity contribution >= 4 is 22.6 Å². The summed E-state index contributed by atoms with van der Waals surface area (Å²) < 4.78 is 0. The number of nitrogens with zero attached hydrogens (tertiary/aromatic N) is 1. The average Bonchev–Trinajstić information content (AvgIpc) is 2.84. The van der Waals surface area contributed by atoms with Crippen LogP contribution in [-0.2, 0) is 17.6 Å². The Morgan fingerprint density at radius 1 is 0.939 bits per heavy atom. The van der Waals surface area contributed by atoms with Gasteiger partial charge in [-0.25, -0.2) is 0 Å². The van der Waals surface area contributed by atoms with Crippen LogP contribution in [0, 0.1) is 0 Å². The van der Waals surface area contributed by atoms with Gasteiger partial charge in [0, 0.05) is 29.9 Å². The van der Waals surface area contributed by atoms with E-state index in [4.69, 9.17) is 10.8 Å². The summed E-state index contributed by atoms with van der Waals surface area (Å²) in [6, 6.07) is 22.5. The second-order valence-corrected chi connectivity index (χ2v) is 7.95. The molecule has 0 saturated carbocycles. The highest BCUT2D eigenvalue weighted by molar-refractivity contribution is 5.96. The summed E-state index contributed by atoms with van der Waals surface area (Å²) in [4.78, 5) is 27.5. The van der Waals surface area contributed by atoms with E-state index >= 15 is 0 Å². The van der Waals surface area contributed by atoms with Gasteiger partial charge in [-0.05, 0) is 58.7 Å². The summed E-state index contributed by atoms with van der Waals surface area (Å²) in [5.74, 6) is -1.20. The molecule has 1 unspecified atom stereocenters. The van der Waals surface area contributed by atoms with E-state index in [1.807, 2.05) is 18.3 Å². The number of carbonyl (C=O) groups is 2. The van der Waals surface area contributed by atoms with Crippen molar-refractivity contribution in [3.63, 3.8) is 0 Å². The Balaban J connectivity index is 1.32. The van der Waals surface area contributed by atoms with Crippen LogP contribution in [0.25, 0.3) is 21.9 Å². The smallest absolute Gasteiger partial charge is 0.320 e. The number of nitrogens with one attached hydrogen (secondary N) is 1. The summed E-state index contributed by atoms with van der Waals surface area (Å²) in [6.07, 6.45) is 4.62. The third-order valence-electron chi connectivity index (χ3n) is 5.63. The van der Waals surface area contributed by atoms with E-state index in [1.165, 1.54) is 10.9 Å². The standard InChI is InChI=1S/C27H25N3O3/c28-25(27(32)33)16-19-6-10-21(11-7-19)26(31)30-15-12-18-4-8-20(9-5-18)23-3-1-2-22-17-29-14-13-24(22)23/h1-11,13-14,17,25H,12,15-16,28H2,(H,30,31)(H,32,33). The molecule has 1 aromatic heterocycles. The lowest BCUT2D eigenvalue weighted by Gasteiger charge is -2.09. The van der Waals surface area contributed by atoms with Crippen molar-refractivity contribution in [3.8, 4) is 11.1 Å². The van der Waals surface area contributed by atoms with Crippen molar-refractivity contribution in [2.45, 2.75) is 18.9 Å². The molecule has 4 aromatic rings. The fourth-order valence-corrected chi connectivity index (χ4v) is 3.78. The molecule has 0 spiro atoms. The first-order chi connectivity index (χ1) is 16.0. The molecule has 4 N–H and O–H groups in total. The first-order valence-corrected chi connectivity index (χ1v) is 10.8. The van der Waals surface area contributed by atoms with Gasteiger partial charge in [-0.15, -0.1) is 0 Å². The van der Waals surface area contributed by atoms with E-state index in [-0.39, 0.29) is 12.3 Å². The summed E-state index contributed by atoms with van der Waals surface area (Å²) in [7, 11) is 0. The molecule has 6 nitrogen and oxygen atoms in total. The SMILES string of the molecule is NC(Cc1ccc(C(=O)NCCc2ccc(-c3cccc4cnccc34)cc2)cc1)C(=O)O. The number of pyridine rings is 1. The van der Waals surface area contributed by atoms with Crippen molar-refractivity contribution in [2.75, 3.05) is 6.54 Å². The highest BCUT2D eigenvalue weighted by atomic mass is 16.4. The number of nitrogens with two attached hydrogens (primary N) is 1. The minimum Gasteiger partial charge on any atom is -0.480 e. The lowest BCUT2D eigenvalue weighted by Crippen LogP contribution is -2.32. The predicted molar refractivity (Wildman–Crippen MR) is 129 cm³/mol. The van der Waals surface area contributed by atoms with E-state index < -0.39 is 12.0 Å². The highest BCUT2D eigenvalue weighted by Gasteiger charge is 2.12. The van der Waals surface area contributed by atoms with Crippen LogP contribution in [0.3, 0.4) is 0 Å². The van der Waals surface area contributed by atoms with Crippen LogP contribution in [0.5, 0.6) is 0 Å². The monoisotopic (exact) mass is 439 g/mol. The number of rotatable bonds is 8. The Kier molecular flexibility index (Phi) is 6.76. The van der Waals surface area contributed by atoms with Crippen LogP contribution in [0.2, 0.25) is 0 Å². The van der Waals surface area contributed by atoms with Crippen molar-refractivity contribution in [1.29, 1.82) is 0 Å². The van der Waals surface area contributed by atoms with Crippen LogP contribution in [0.1, 0.15) is 21.5 Å². The van der Waals surface area contributed by atoms with E-state index in [0.717, 1.165) is 28.5 Å². The second-order valence-electron chi connectivity index (χ2n) is 7.95. The molecule has 0 fully saturated rings. The van der Waals surface area contributed by atoms with Crippen LogP contribution < -0.4 is 11.1 Å². The second kappa shape index (κ2) is 10.1. The molecule has 0 bridgehead atoms. The zero-order chi connectivity index (χ0) is 23.2. The first-order valence-electron chi connectivity index (χ1n) is 10.8. The van der Waals surface area contributed by atoms with Crippen LogP contribution in [0.4, 0.5) is 0 Å². The number of aliphatic carboxylic acids is 1. The molecular formula is C27H25N3O3. The van der Waals surface area contributed by atoms with Crippen molar-refractivity contribution in [1.82, 2.24) is 10.3 Å². The van der Waals surface area contributed by atoms with Gasteiger partial charge in [-0.2, -0.15) is 0 Å². The number of carbonyl (C=O) groups excluding carboxylic acids is 1. The fraction of sp³-hybridized carbons (Fsp3) is 0.148. The molecule has 0 aliphatic carbocycles. The van der Waals surface area contributed by atoms with Gasteiger partial charge in [0.2, 0.25) is 0 Å². The number of benzene rings is 3. The largest absolute Gasteiger partial charge is 0.480 e. The van der Waals surface area contributed by atoms with Gasteiger partial charge in [-0.1, -0.05) is 54.6 Å². The Labute approximate surface area is 192 Å². The van der Waals surface area contributed by atoms with E-state index in [0.29, 0.717) is 12.1 Å². The predicted octanol–water partition coefficient (Wildman–Crippen LogP) is 3.83. The number of carboxylic acids is 1. The zero-order valence-corrected chi connectivity index (χ0v) is 18.1. The van der Waals surface area contributed by atoms with E-state index in [9.17, 15) is 9.59 Å². The molecule has 0 saturated heterocycles. The average molecular weight is 440 g/mol. The van der Waals surface area contributed by atoms with Crippen molar-refractivity contribution < 1.29 is 14.7 Å². The number of hydrogen-bond donors (Lipinski definition) is 3. The Morgan fingerprint density at radius 3 is 2.39 bits per heavy atom. The van der Waals surface area contributed by atoms with Gasteiger partial charge in [0.05, 0.1) is 0 Å². The molecule has 0 radical (unpaired) electrons. The first kappa shape index (κ1) is 22.2. The maximum Gasteiger partial charge on any atom is 0.320 e. The Bertz CT molecular complexity index is 1260. The van der Waals surface area contributed by atoms with Crippen LogP contribution in [0.15, 0.2) is 85.2 Å².